The van der Waals surface area contributed by atoms with Gasteiger partial charge >= 0.3 is 0 Å². The van der Waals surface area contributed by atoms with Crippen molar-refractivity contribution < 1.29 is 9.18 Å². The molecular formula is C15H21FN2O. The van der Waals surface area contributed by atoms with Crippen molar-refractivity contribution in [2.24, 2.45) is 5.41 Å². The number of nitrogens with zero attached hydrogens (tertiary/aromatic N) is 1. The van der Waals surface area contributed by atoms with Gasteiger partial charge in [0.25, 0.3) is 0 Å². The third kappa shape index (κ3) is 2.78. The summed E-state index contributed by atoms with van der Waals surface area (Å²) in [6, 6.07) is 6.06. The number of rotatable bonds is 3. The molecule has 1 saturated heterocycles. The van der Waals surface area contributed by atoms with Crippen LogP contribution in [0, 0.1) is 11.2 Å². The second-order valence-electron chi connectivity index (χ2n) is 5.25. The minimum Gasteiger partial charge on any atom is -0.316 e. The fourth-order valence-electron chi connectivity index (χ4n) is 2.74. The van der Waals surface area contributed by atoms with Gasteiger partial charge in [-0.3, -0.25) is 4.79 Å². The summed E-state index contributed by atoms with van der Waals surface area (Å²) < 4.78 is 12.9. The maximum atomic E-state index is 12.9. The van der Waals surface area contributed by atoms with Crippen molar-refractivity contribution in [3.63, 3.8) is 0 Å². The smallest absolute Gasteiger partial charge is 0.234 e. The summed E-state index contributed by atoms with van der Waals surface area (Å²) in [5.41, 5.74) is 0.422. The van der Waals surface area contributed by atoms with Gasteiger partial charge in [0.15, 0.2) is 0 Å². The third-order valence-electron chi connectivity index (χ3n) is 4.12. The average Bonchev–Trinajstić information content (AvgIpc) is 2.47. The molecule has 104 valence electrons. The third-order valence-corrected chi connectivity index (χ3v) is 4.12. The molecule has 1 aliphatic rings. The fourth-order valence-corrected chi connectivity index (χ4v) is 2.74. The Hall–Kier alpha value is -1.42. The Labute approximate surface area is 113 Å². The van der Waals surface area contributed by atoms with E-state index < -0.39 is 0 Å². The lowest BCUT2D eigenvalue weighted by molar-refractivity contribution is -0.129. The number of carbonyl (C=O) groups is 1. The lowest BCUT2D eigenvalue weighted by atomic mass is 9.77. The molecule has 0 aliphatic carbocycles. The molecule has 1 amide bonds. The highest BCUT2D eigenvalue weighted by Gasteiger charge is 2.39. The van der Waals surface area contributed by atoms with Crippen molar-refractivity contribution in [3.05, 3.63) is 30.1 Å². The summed E-state index contributed by atoms with van der Waals surface area (Å²) in [4.78, 5) is 14.4. The SMILES string of the molecule is CCC1(C(=O)N(C)c2ccc(F)cc2)CCCNC1. The number of hydrogen-bond donors (Lipinski definition) is 1. The predicted octanol–water partition coefficient (Wildman–Crippen LogP) is 2.57. The second-order valence-corrected chi connectivity index (χ2v) is 5.25. The van der Waals surface area contributed by atoms with E-state index in [9.17, 15) is 9.18 Å². The van der Waals surface area contributed by atoms with E-state index in [0.717, 1.165) is 38.0 Å². The molecule has 1 atom stereocenters. The molecule has 1 aliphatic heterocycles. The van der Waals surface area contributed by atoms with Crippen molar-refractivity contribution in [3.8, 4) is 0 Å². The van der Waals surface area contributed by atoms with Crippen molar-refractivity contribution in [2.45, 2.75) is 26.2 Å². The van der Waals surface area contributed by atoms with Gasteiger partial charge in [-0.2, -0.15) is 0 Å². The maximum Gasteiger partial charge on any atom is 0.234 e. The topological polar surface area (TPSA) is 32.3 Å². The predicted molar refractivity (Wildman–Crippen MR) is 74.6 cm³/mol. The van der Waals surface area contributed by atoms with Gasteiger partial charge < -0.3 is 10.2 Å². The van der Waals surface area contributed by atoms with Crippen LogP contribution in [-0.4, -0.2) is 26.0 Å². The first-order chi connectivity index (χ1) is 9.09. The maximum absolute atomic E-state index is 12.9. The number of hydrogen-bond acceptors (Lipinski definition) is 2. The zero-order valence-corrected chi connectivity index (χ0v) is 11.6. The van der Waals surface area contributed by atoms with E-state index in [1.807, 2.05) is 0 Å². The Morgan fingerprint density at radius 3 is 2.63 bits per heavy atom. The first kappa shape index (κ1) is 14.0. The molecule has 4 heteroatoms. The Bertz CT molecular complexity index is 438. The van der Waals surface area contributed by atoms with Gasteiger partial charge in [0.05, 0.1) is 5.41 Å². The van der Waals surface area contributed by atoms with Crippen LogP contribution < -0.4 is 10.2 Å². The van der Waals surface area contributed by atoms with Crippen LogP contribution in [0.25, 0.3) is 0 Å². The lowest BCUT2D eigenvalue weighted by Gasteiger charge is -2.38. The molecule has 1 unspecified atom stereocenters. The van der Waals surface area contributed by atoms with Crippen LogP contribution in [0.15, 0.2) is 24.3 Å². The molecule has 1 fully saturated rings. The first-order valence-electron chi connectivity index (χ1n) is 6.83. The van der Waals surface area contributed by atoms with E-state index in [2.05, 4.69) is 12.2 Å². The van der Waals surface area contributed by atoms with Gasteiger partial charge in [-0.1, -0.05) is 6.92 Å². The Balaban J connectivity index is 2.19. The molecule has 2 rings (SSSR count). The van der Waals surface area contributed by atoms with E-state index in [1.165, 1.54) is 12.1 Å². The number of benzene rings is 1. The number of amides is 1. The summed E-state index contributed by atoms with van der Waals surface area (Å²) >= 11 is 0. The number of nitrogens with one attached hydrogen (secondary N) is 1. The van der Waals surface area contributed by atoms with Crippen LogP contribution in [0.5, 0.6) is 0 Å². The van der Waals surface area contributed by atoms with E-state index in [1.54, 1.807) is 24.1 Å². The van der Waals surface area contributed by atoms with Crippen molar-refractivity contribution in [2.75, 3.05) is 25.0 Å². The molecule has 1 aromatic rings. The minimum absolute atomic E-state index is 0.119. The average molecular weight is 264 g/mol. The standard InChI is InChI=1S/C15H21FN2O/c1-3-15(9-4-10-17-11-15)14(19)18(2)13-7-5-12(16)6-8-13/h5-8,17H,3-4,9-11H2,1-2H3. The quantitative estimate of drug-likeness (QED) is 0.910. The van der Waals surface area contributed by atoms with Crippen LogP contribution in [0.2, 0.25) is 0 Å². The molecule has 0 radical (unpaired) electrons. The summed E-state index contributed by atoms with van der Waals surface area (Å²) in [6.07, 6.45) is 2.77. The van der Waals surface area contributed by atoms with Gasteiger partial charge in [-0.25, -0.2) is 4.39 Å². The molecule has 1 aromatic carbocycles. The largest absolute Gasteiger partial charge is 0.316 e. The van der Waals surface area contributed by atoms with Crippen LogP contribution in [0.4, 0.5) is 10.1 Å². The number of halogens is 1. The zero-order valence-electron chi connectivity index (χ0n) is 11.6. The Morgan fingerprint density at radius 1 is 1.42 bits per heavy atom. The van der Waals surface area contributed by atoms with Crippen LogP contribution in [0.3, 0.4) is 0 Å². The number of carbonyl (C=O) groups excluding carboxylic acids is 1. The number of piperidine rings is 1. The molecular weight excluding hydrogens is 243 g/mol. The van der Waals surface area contributed by atoms with Crippen molar-refractivity contribution >= 4 is 11.6 Å². The summed E-state index contributed by atoms with van der Waals surface area (Å²) in [7, 11) is 1.77. The van der Waals surface area contributed by atoms with E-state index in [0.29, 0.717) is 0 Å². The van der Waals surface area contributed by atoms with Crippen LogP contribution >= 0.6 is 0 Å². The zero-order chi connectivity index (χ0) is 13.9. The van der Waals surface area contributed by atoms with Gasteiger partial charge in [0.1, 0.15) is 5.82 Å². The van der Waals surface area contributed by atoms with Crippen LogP contribution in [-0.2, 0) is 4.79 Å². The molecule has 3 nitrogen and oxygen atoms in total. The fraction of sp³-hybridized carbons (Fsp3) is 0.533. The van der Waals surface area contributed by atoms with E-state index >= 15 is 0 Å². The molecule has 0 bridgehead atoms. The summed E-state index contributed by atoms with van der Waals surface area (Å²) in [5.74, 6) is -0.164. The van der Waals surface area contributed by atoms with E-state index in [4.69, 9.17) is 0 Å². The minimum atomic E-state index is -0.318. The molecule has 1 heterocycles. The molecule has 0 aromatic heterocycles. The monoisotopic (exact) mass is 264 g/mol. The van der Waals surface area contributed by atoms with Gasteiger partial charge in [0.2, 0.25) is 5.91 Å². The van der Waals surface area contributed by atoms with E-state index in [-0.39, 0.29) is 17.1 Å². The summed E-state index contributed by atoms with van der Waals surface area (Å²) in [5, 5.41) is 3.32. The second kappa shape index (κ2) is 5.70. The first-order valence-corrected chi connectivity index (χ1v) is 6.83. The Morgan fingerprint density at radius 2 is 2.11 bits per heavy atom. The number of anilines is 1. The van der Waals surface area contributed by atoms with Crippen LogP contribution in [0.1, 0.15) is 26.2 Å². The molecule has 0 spiro atoms. The van der Waals surface area contributed by atoms with Crippen molar-refractivity contribution in [1.29, 1.82) is 0 Å². The highest BCUT2D eigenvalue weighted by Crippen LogP contribution is 2.33. The lowest BCUT2D eigenvalue weighted by Crippen LogP contribution is -2.50. The summed E-state index contributed by atoms with van der Waals surface area (Å²) in [6.45, 7) is 3.77. The highest BCUT2D eigenvalue weighted by atomic mass is 19.1. The Kier molecular flexibility index (Phi) is 4.20. The van der Waals surface area contributed by atoms with Gasteiger partial charge in [-0.05, 0) is 50.1 Å². The highest BCUT2D eigenvalue weighted by molar-refractivity contribution is 5.97. The molecule has 0 saturated carbocycles. The molecule has 1 N–H and O–H groups in total. The normalized spacial score (nSPS) is 23.1. The van der Waals surface area contributed by atoms with Gasteiger partial charge in [-0.15, -0.1) is 0 Å². The molecule has 19 heavy (non-hydrogen) atoms. The van der Waals surface area contributed by atoms with Gasteiger partial charge in [0, 0.05) is 19.3 Å². The van der Waals surface area contributed by atoms with Crippen molar-refractivity contribution in [1.82, 2.24) is 5.32 Å².